The van der Waals surface area contributed by atoms with Crippen LogP contribution < -0.4 is 10.2 Å². The van der Waals surface area contributed by atoms with Crippen molar-refractivity contribution in [3.63, 3.8) is 0 Å². The zero-order valence-electron chi connectivity index (χ0n) is 17.4. The third-order valence-electron chi connectivity index (χ3n) is 4.51. The van der Waals surface area contributed by atoms with Crippen molar-refractivity contribution in [3.8, 4) is 11.3 Å². The van der Waals surface area contributed by atoms with Crippen molar-refractivity contribution in [2.24, 2.45) is 10.2 Å². The van der Waals surface area contributed by atoms with E-state index >= 15 is 0 Å². The van der Waals surface area contributed by atoms with Gasteiger partial charge in [-0.2, -0.15) is 0 Å². The van der Waals surface area contributed by atoms with Gasteiger partial charge < -0.3 is 10.2 Å². The molecule has 0 saturated heterocycles. The lowest BCUT2D eigenvalue weighted by Crippen LogP contribution is -2.21. The van der Waals surface area contributed by atoms with E-state index in [2.05, 4.69) is 39.3 Å². The molecule has 1 aromatic heterocycles. The summed E-state index contributed by atoms with van der Waals surface area (Å²) in [5.41, 5.74) is 3.28. The predicted molar refractivity (Wildman–Crippen MR) is 123 cm³/mol. The molecule has 3 aromatic rings. The highest BCUT2D eigenvalue weighted by molar-refractivity contribution is 7.13. The number of carbonyl (C=O) groups excluding carboxylic acids is 1. The van der Waals surface area contributed by atoms with Crippen molar-refractivity contribution in [2.75, 3.05) is 23.3 Å². The maximum Gasteiger partial charge on any atom is 0.270 e. The Morgan fingerprint density at radius 3 is 2.65 bits per heavy atom. The van der Waals surface area contributed by atoms with Crippen molar-refractivity contribution < 1.29 is 9.72 Å². The average Bonchev–Trinajstić information content (AvgIpc) is 3.23. The van der Waals surface area contributed by atoms with Gasteiger partial charge in [0.1, 0.15) is 5.69 Å². The molecule has 1 amide bonds. The van der Waals surface area contributed by atoms with Crippen LogP contribution in [0.5, 0.6) is 0 Å². The normalized spacial score (nSPS) is 10.9. The van der Waals surface area contributed by atoms with Crippen molar-refractivity contribution >= 4 is 45.1 Å². The first-order valence-electron chi connectivity index (χ1n) is 9.70. The number of nitro benzene ring substituents is 1. The van der Waals surface area contributed by atoms with Crippen LogP contribution in [0.3, 0.4) is 0 Å². The number of nitrogens with one attached hydrogen (secondary N) is 1. The molecule has 2 aromatic carbocycles. The number of nitrogens with zero attached hydrogens (tertiary/aromatic N) is 5. The highest BCUT2D eigenvalue weighted by Crippen LogP contribution is 2.33. The van der Waals surface area contributed by atoms with E-state index in [1.165, 1.54) is 30.4 Å². The Balaban J connectivity index is 1.87. The molecule has 0 bridgehead atoms. The Morgan fingerprint density at radius 1 is 1.19 bits per heavy atom. The van der Waals surface area contributed by atoms with E-state index in [9.17, 15) is 14.9 Å². The molecule has 31 heavy (non-hydrogen) atoms. The topological polar surface area (TPSA) is 113 Å². The predicted octanol–water partition coefficient (Wildman–Crippen LogP) is 5.94. The van der Waals surface area contributed by atoms with Crippen molar-refractivity contribution in [1.29, 1.82) is 0 Å². The van der Waals surface area contributed by atoms with Gasteiger partial charge in [0.05, 0.1) is 16.3 Å². The second-order valence-corrected chi connectivity index (χ2v) is 7.41. The first-order chi connectivity index (χ1) is 14.9. The summed E-state index contributed by atoms with van der Waals surface area (Å²) >= 11 is 1.28. The van der Waals surface area contributed by atoms with Crippen LogP contribution in [-0.2, 0) is 4.79 Å². The summed E-state index contributed by atoms with van der Waals surface area (Å²) in [5, 5.41) is 24.4. The third-order valence-corrected chi connectivity index (χ3v) is 5.23. The molecule has 0 saturated carbocycles. The van der Waals surface area contributed by atoms with Crippen LogP contribution in [-0.4, -0.2) is 28.9 Å². The van der Waals surface area contributed by atoms with E-state index in [1.807, 2.05) is 12.1 Å². The number of anilines is 2. The molecule has 0 atom stereocenters. The average molecular weight is 439 g/mol. The number of non-ortho nitro benzene ring substituents is 1. The fraction of sp³-hybridized carbons (Fsp3) is 0.238. The van der Waals surface area contributed by atoms with Crippen LogP contribution in [0, 0.1) is 10.1 Å². The zero-order valence-corrected chi connectivity index (χ0v) is 18.2. The van der Waals surface area contributed by atoms with Gasteiger partial charge in [0.25, 0.3) is 5.69 Å². The van der Waals surface area contributed by atoms with Crippen molar-refractivity contribution in [1.82, 2.24) is 4.98 Å². The molecular weight excluding hydrogens is 416 g/mol. The Morgan fingerprint density at radius 2 is 1.97 bits per heavy atom. The number of thiazole rings is 1. The molecular formula is C21H22N6O3S. The van der Waals surface area contributed by atoms with E-state index in [1.54, 1.807) is 23.6 Å². The Kier molecular flexibility index (Phi) is 7.03. The molecule has 0 radical (unpaired) electrons. The molecule has 1 heterocycles. The third kappa shape index (κ3) is 5.48. The zero-order chi connectivity index (χ0) is 22.4. The summed E-state index contributed by atoms with van der Waals surface area (Å²) in [4.78, 5) is 28.7. The summed E-state index contributed by atoms with van der Waals surface area (Å²) in [6.07, 6.45) is 0. The second-order valence-electron chi connectivity index (χ2n) is 6.58. The van der Waals surface area contributed by atoms with E-state index in [0.717, 1.165) is 18.8 Å². The van der Waals surface area contributed by atoms with Crippen LogP contribution in [0.2, 0.25) is 0 Å². The van der Waals surface area contributed by atoms with Crippen LogP contribution in [0.15, 0.2) is 58.1 Å². The Labute approximate surface area is 183 Å². The van der Waals surface area contributed by atoms with Gasteiger partial charge in [-0.15, -0.1) is 21.6 Å². The molecule has 1 N–H and O–H groups in total. The quantitative estimate of drug-likeness (QED) is 0.266. The maximum atomic E-state index is 11.6. The smallest absolute Gasteiger partial charge is 0.270 e. The van der Waals surface area contributed by atoms with Crippen LogP contribution in [0.25, 0.3) is 11.3 Å². The van der Waals surface area contributed by atoms with Gasteiger partial charge in [-0.25, -0.2) is 4.98 Å². The maximum absolute atomic E-state index is 11.6. The molecule has 0 aliphatic heterocycles. The van der Waals surface area contributed by atoms with Crippen LogP contribution in [0.1, 0.15) is 20.8 Å². The molecule has 3 rings (SSSR count). The number of carbonyl (C=O) groups is 1. The second kappa shape index (κ2) is 9.90. The van der Waals surface area contributed by atoms with Gasteiger partial charge in [-0.3, -0.25) is 14.9 Å². The van der Waals surface area contributed by atoms with E-state index in [-0.39, 0.29) is 11.6 Å². The van der Waals surface area contributed by atoms with Crippen LogP contribution >= 0.6 is 11.3 Å². The lowest BCUT2D eigenvalue weighted by Gasteiger charge is -2.22. The fourth-order valence-corrected chi connectivity index (χ4v) is 3.65. The molecule has 0 spiro atoms. The number of rotatable bonds is 8. The summed E-state index contributed by atoms with van der Waals surface area (Å²) in [5.74, 6) is -0.199. The van der Waals surface area contributed by atoms with E-state index in [0.29, 0.717) is 27.8 Å². The number of amides is 1. The highest BCUT2D eigenvalue weighted by Gasteiger charge is 2.11. The number of nitro groups is 1. The lowest BCUT2D eigenvalue weighted by atomic mass is 10.1. The van der Waals surface area contributed by atoms with Gasteiger partial charge in [0.2, 0.25) is 11.0 Å². The number of hydrogen-bond donors (Lipinski definition) is 1. The van der Waals surface area contributed by atoms with E-state index < -0.39 is 4.92 Å². The molecule has 0 unspecified atom stereocenters. The van der Waals surface area contributed by atoms with Gasteiger partial charge in [0, 0.05) is 48.8 Å². The minimum absolute atomic E-state index is 0.00178. The van der Waals surface area contributed by atoms with Gasteiger partial charge in [-0.1, -0.05) is 12.1 Å². The highest BCUT2D eigenvalue weighted by atomic mass is 32.1. The minimum Gasteiger partial charge on any atom is -0.372 e. The number of azo groups is 1. The molecule has 0 aliphatic rings. The molecule has 9 nitrogen and oxygen atoms in total. The van der Waals surface area contributed by atoms with Crippen molar-refractivity contribution in [2.45, 2.75) is 20.8 Å². The molecule has 160 valence electrons. The number of hydrogen-bond acceptors (Lipinski definition) is 8. The van der Waals surface area contributed by atoms with Gasteiger partial charge in [0.15, 0.2) is 0 Å². The minimum atomic E-state index is -0.443. The lowest BCUT2D eigenvalue weighted by molar-refractivity contribution is -0.384. The Bertz CT molecular complexity index is 1120. The summed E-state index contributed by atoms with van der Waals surface area (Å²) < 4.78 is 0. The van der Waals surface area contributed by atoms with E-state index in [4.69, 9.17) is 0 Å². The van der Waals surface area contributed by atoms with Gasteiger partial charge in [-0.05, 0) is 32.0 Å². The summed E-state index contributed by atoms with van der Waals surface area (Å²) in [7, 11) is 0. The standard InChI is InChI=1S/C21H22N6O3S/c1-4-26(5-2)16-9-10-18(19(12-16)22-14(3)28)24-25-21-23-20(13-31-21)15-7-6-8-17(11-15)27(29)30/h6-13H,4-5H2,1-3H3,(H,22,28). The number of benzene rings is 2. The monoisotopic (exact) mass is 438 g/mol. The van der Waals surface area contributed by atoms with Crippen LogP contribution in [0.4, 0.5) is 27.9 Å². The summed E-state index contributed by atoms with van der Waals surface area (Å²) in [6.45, 7) is 7.26. The molecule has 0 aliphatic carbocycles. The first kappa shape index (κ1) is 22.0. The fourth-order valence-electron chi connectivity index (χ4n) is 3.00. The molecule has 10 heteroatoms. The number of aromatic nitrogens is 1. The van der Waals surface area contributed by atoms with Gasteiger partial charge >= 0.3 is 0 Å². The SMILES string of the molecule is CCN(CC)c1ccc(N=Nc2nc(-c3cccc([N+](=O)[O-])c3)cs2)c(NC(C)=O)c1. The molecule has 0 fully saturated rings. The summed E-state index contributed by atoms with van der Waals surface area (Å²) in [6, 6.07) is 11.9. The Hall–Kier alpha value is -3.66. The largest absolute Gasteiger partial charge is 0.372 e. The van der Waals surface area contributed by atoms with Crippen molar-refractivity contribution in [3.05, 3.63) is 58.0 Å². The first-order valence-corrected chi connectivity index (χ1v) is 10.6.